The van der Waals surface area contributed by atoms with E-state index >= 15 is 0 Å². The number of rotatable bonds is 9. The highest BCUT2D eigenvalue weighted by molar-refractivity contribution is 5.82. The lowest BCUT2D eigenvalue weighted by Gasteiger charge is -2.36. The minimum Gasteiger partial charge on any atom is -0.497 e. The van der Waals surface area contributed by atoms with Crippen molar-refractivity contribution in [3.05, 3.63) is 59.7 Å². The lowest BCUT2D eigenvalue weighted by Crippen LogP contribution is -2.51. The Morgan fingerprint density at radius 1 is 1.06 bits per heavy atom. The molecule has 0 saturated carbocycles. The molecule has 2 N–H and O–H groups in total. The van der Waals surface area contributed by atoms with Gasteiger partial charge in [-0.1, -0.05) is 29.8 Å². The summed E-state index contributed by atoms with van der Waals surface area (Å²) in [5.74, 6) is 0.431. The van der Waals surface area contributed by atoms with E-state index in [-0.39, 0.29) is 24.8 Å². The van der Waals surface area contributed by atoms with Crippen molar-refractivity contribution in [1.29, 1.82) is 0 Å². The van der Waals surface area contributed by atoms with Gasteiger partial charge < -0.3 is 20.3 Å². The number of methoxy groups -OCH3 is 1. The van der Waals surface area contributed by atoms with E-state index in [0.717, 1.165) is 31.1 Å². The first kappa shape index (κ1) is 22.6. The summed E-state index contributed by atoms with van der Waals surface area (Å²) >= 11 is 0. The number of hydrogen-bond donors (Lipinski definition) is 1. The van der Waals surface area contributed by atoms with Crippen LogP contribution in [0.15, 0.2) is 48.5 Å². The summed E-state index contributed by atoms with van der Waals surface area (Å²) in [7, 11) is 1.61. The number of aryl methyl sites for hydroxylation is 1. The number of carbonyl (C=O) groups excluding carboxylic acids is 2. The normalized spacial score (nSPS) is 14.3. The molecule has 0 aromatic heterocycles. The molecule has 0 radical (unpaired) electrons. The Morgan fingerprint density at radius 3 is 2.39 bits per heavy atom. The maximum atomic E-state index is 13.0. The van der Waals surface area contributed by atoms with E-state index in [1.165, 1.54) is 11.1 Å². The highest BCUT2D eigenvalue weighted by Crippen LogP contribution is 2.20. The van der Waals surface area contributed by atoms with Gasteiger partial charge in [0.15, 0.2) is 0 Å². The maximum absolute atomic E-state index is 13.0. The van der Waals surface area contributed by atoms with E-state index in [0.29, 0.717) is 19.6 Å². The third kappa shape index (κ3) is 6.72. The van der Waals surface area contributed by atoms with Crippen LogP contribution in [0.2, 0.25) is 0 Å². The van der Waals surface area contributed by atoms with Crippen LogP contribution < -0.4 is 15.4 Å². The molecule has 1 fully saturated rings. The SMILES string of the molecule is COc1ccc(N(CCC(N)=O)CC(=O)N2CCN(Cc3cccc(C)c3)CC2)cc1. The Labute approximate surface area is 184 Å². The summed E-state index contributed by atoms with van der Waals surface area (Å²) in [6, 6.07) is 16.0. The first-order valence-corrected chi connectivity index (χ1v) is 10.7. The Hall–Kier alpha value is -3.06. The molecular weight excluding hydrogens is 392 g/mol. The van der Waals surface area contributed by atoms with Crippen molar-refractivity contribution in [3.8, 4) is 5.75 Å². The molecule has 2 amide bonds. The van der Waals surface area contributed by atoms with Crippen LogP contribution in [0.25, 0.3) is 0 Å². The predicted octanol–water partition coefficient (Wildman–Crippen LogP) is 2.03. The molecule has 1 aliphatic rings. The minimum absolute atomic E-state index is 0.0653. The fraction of sp³-hybridized carbons (Fsp3) is 0.417. The zero-order valence-electron chi connectivity index (χ0n) is 18.4. The summed E-state index contributed by atoms with van der Waals surface area (Å²) in [5.41, 5.74) is 8.78. The van der Waals surface area contributed by atoms with Crippen LogP contribution in [-0.4, -0.2) is 68.0 Å². The quantitative estimate of drug-likeness (QED) is 0.666. The molecular formula is C24H32N4O3. The summed E-state index contributed by atoms with van der Waals surface area (Å²) in [4.78, 5) is 30.5. The standard InChI is InChI=1S/C24H32N4O3/c1-19-4-3-5-20(16-19)17-26-12-14-27(15-13-26)24(30)18-28(11-10-23(25)29)21-6-8-22(31-2)9-7-21/h3-9,16H,10-15,17-18H2,1-2H3,(H2,25,29). The summed E-state index contributed by atoms with van der Waals surface area (Å²) < 4.78 is 5.21. The van der Waals surface area contributed by atoms with Crippen molar-refractivity contribution >= 4 is 17.5 Å². The molecule has 1 saturated heterocycles. The van der Waals surface area contributed by atoms with E-state index < -0.39 is 0 Å². The van der Waals surface area contributed by atoms with Gasteiger partial charge in [-0.2, -0.15) is 0 Å². The van der Waals surface area contributed by atoms with Crippen LogP contribution in [0.3, 0.4) is 0 Å². The first-order chi connectivity index (χ1) is 14.9. The fourth-order valence-electron chi connectivity index (χ4n) is 3.82. The summed E-state index contributed by atoms with van der Waals surface area (Å²) in [5, 5.41) is 0. The van der Waals surface area contributed by atoms with Crippen LogP contribution >= 0.6 is 0 Å². The van der Waals surface area contributed by atoms with Crippen LogP contribution in [0.5, 0.6) is 5.75 Å². The van der Waals surface area contributed by atoms with Gasteiger partial charge in [0, 0.05) is 51.4 Å². The molecule has 7 heteroatoms. The van der Waals surface area contributed by atoms with Gasteiger partial charge in [0.2, 0.25) is 11.8 Å². The number of benzene rings is 2. The van der Waals surface area contributed by atoms with Crippen molar-refractivity contribution in [2.75, 3.05) is 51.3 Å². The van der Waals surface area contributed by atoms with E-state index in [1.54, 1.807) is 7.11 Å². The number of amides is 2. The second-order valence-corrected chi connectivity index (χ2v) is 7.98. The van der Waals surface area contributed by atoms with Gasteiger partial charge in [-0.3, -0.25) is 14.5 Å². The van der Waals surface area contributed by atoms with Crippen LogP contribution in [-0.2, 0) is 16.1 Å². The minimum atomic E-state index is -0.379. The lowest BCUT2D eigenvalue weighted by atomic mass is 10.1. The van der Waals surface area contributed by atoms with Crippen LogP contribution in [0.1, 0.15) is 17.5 Å². The van der Waals surface area contributed by atoms with Gasteiger partial charge in [-0.25, -0.2) is 0 Å². The molecule has 166 valence electrons. The van der Waals surface area contributed by atoms with Gasteiger partial charge in [-0.15, -0.1) is 0 Å². The fourth-order valence-corrected chi connectivity index (χ4v) is 3.82. The van der Waals surface area contributed by atoms with Gasteiger partial charge in [0.25, 0.3) is 0 Å². The largest absolute Gasteiger partial charge is 0.497 e. The van der Waals surface area contributed by atoms with Crippen LogP contribution in [0.4, 0.5) is 5.69 Å². The number of anilines is 1. The second kappa shape index (κ2) is 10.8. The lowest BCUT2D eigenvalue weighted by molar-refractivity contribution is -0.131. The molecule has 2 aromatic carbocycles. The monoisotopic (exact) mass is 424 g/mol. The number of hydrogen-bond acceptors (Lipinski definition) is 5. The molecule has 1 heterocycles. The highest BCUT2D eigenvalue weighted by Gasteiger charge is 2.23. The Kier molecular flexibility index (Phi) is 7.89. The Bertz CT molecular complexity index is 877. The van der Waals surface area contributed by atoms with Crippen molar-refractivity contribution in [2.45, 2.75) is 19.9 Å². The van der Waals surface area contributed by atoms with Crippen molar-refractivity contribution in [2.24, 2.45) is 5.73 Å². The van der Waals surface area contributed by atoms with Gasteiger partial charge >= 0.3 is 0 Å². The average Bonchev–Trinajstić information content (AvgIpc) is 2.77. The molecule has 3 rings (SSSR count). The Morgan fingerprint density at radius 2 is 1.77 bits per heavy atom. The van der Waals surface area contributed by atoms with E-state index in [4.69, 9.17) is 10.5 Å². The third-order valence-corrected chi connectivity index (χ3v) is 5.61. The zero-order valence-corrected chi connectivity index (χ0v) is 18.4. The van der Waals surface area contributed by atoms with Gasteiger partial charge in [0.05, 0.1) is 13.7 Å². The van der Waals surface area contributed by atoms with E-state index in [2.05, 4.69) is 36.1 Å². The number of piperazine rings is 1. The zero-order chi connectivity index (χ0) is 22.2. The van der Waals surface area contributed by atoms with E-state index in [1.807, 2.05) is 34.1 Å². The van der Waals surface area contributed by atoms with Crippen LogP contribution in [0, 0.1) is 6.92 Å². The molecule has 31 heavy (non-hydrogen) atoms. The van der Waals surface area contributed by atoms with Gasteiger partial charge in [0.1, 0.15) is 5.75 Å². The summed E-state index contributed by atoms with van der Waals surface area (Å²) in [6.07, 6.45) is 0.198. The van der Waals surface area contributed by atoms with Crippen molar-refractivity contribution < 1.29 is 14.3 Å². The van der Waals surface area contributed by atoms with Crippen molar-refractivity contribution in [3.63, 3.8) is 0 Å². The maximum Gasteiger partial charge on any atom is 0.242 e. The molecule has 7 nitrogen and oxygen atoms in total. The smallest absolute Gasteiger partial charge is 0.242 e. The topological polar surface area (TPSA) is 79.1 Å². The molecule has 0 spiro atoms. The molecule has 0 atom stereocenters. The number of nitrogens with two attached hydrogens (primary N) is 1. The number of primary amides is 1. The van der Waals surface area contributed by atoms with Gasteiger partial charge in [-0.05, 0) is 36.8 Å². The first-order valence-electron chi connectivity index (χ1n) is 10.7. The molecule has 0 unspecified atom stereocenters. The molecule has 0 aliphatic carbocycles. The average molecular weight is 425 g/mol. The number of nitrogens with zero attached hydrogens (tertiary/aromatic N) is 3. The molecule has 0 bridgehead atoms. The second-order valence-electron chi connectivity index (χ2n) is 7.98. The van der Waals surface area contributed by atoms with Crippen molar-refractivity contribution in [1.82, 2.24) is 9.80 Å². The van der Waals surface area contributed by atoms with E-state index in [9.17, 15) is 9.59 Å². The number of carbonyl (C=O) groups is 2. The predicted molar refractivity (Wildman–Crippen MR) is 122 cm³/mol. The summed E-state index contributed by atoms with van der Waals surface area (Å²) in [6.45, 7) is 6.74. The highest BCUT2D eigenvalue weighted by atomic mass is 16.5. The molecule has 1 aliphatic heterocycles. The third-order valence-electron chi connectivity index (χ3n) is 5.61. The number of ether oxygens (including phenoxy) is 1. The molecule has 2 aromatic rings. The Balaban J connectivity index is 1.56.